The fourth-order valence-electron chi connectivity index (χ4n) is 2.54. The van der Waals surface area contributed by atoms with Crippen LogP contribution in [0.4, 0.5) is 0 Å². The molecule has 21 heavy (non-hydrogen) atoms. The van der Waals surface area contributed by atoms with Crippen molar-refractivity contribution in [1.29, 1.82) is 0 Å². The van der Waals surface area contributed by atoms with Crippen molar-refractivity contribution in [2.45, 2.75) is 38.3 Å². The van der Waals surface area contributed by atoms with E-state index in [9.17, 15) is 0 Å². The van der Waals surface area contributed by atoms with E-state index in [1.54, 1.807) is 14.2 Å². The van der Waals surface area contributed by atoms with Gasteiger partial charge in [-0.25, -0.2) is 10.8 Å². The van der Waals surface area contributed by atoms with Gasteiger partial charge in [0.2, 0.25) is 5.96 Å². The summed E-state index contributed by atoms with van der Waals surface area (Å²) < 4.78 is 10.6. The number of methoxy groups -OCH3 is 2. The van der Waals surface area contributed by atoms with E-state index in [1.165, 1.54) is 25.7 Å². The van der Waals surface area contributed by atoms with Gasteiger partial charge in [0.1, 0.15) is 11.5 Å². The highest BCUT2D eigenvalue weighted by Crippen LogP contribution is 2.25. The summed E-state index contributed by atoms with van der Waals surface area (Å²) in [7, 11) is 3.27. The molecule has 0 amide bonds. The third-order valence-electron chi connectivity index (χ3n) is 3.73. The van der Waals surface area contributed by atoms with Gasteiger partial charge in [0.15, 0.2) is 0 Å². The van der Waals surface area contributed by atoms with Crippen molar-refractivity contribution in [3.63, 3.8) is 0 Å². The molecule has 0 radical (unpaired) electrons. The Morgan fingerprint density at radius 3 is 2.67 bits per heavy atom. The highest BCUT2D eigenvalue weighted by Gasteiger charge is 2.15. The quantitative estimate of drug-likeness (QED) is 0.332. The summed E-state index contributed by atoms with van der Waals surface area (Å²) in [5, 5.41) is 3.34. The van der Waals surface area contributed by atoms with Crippen molar-refractivity contribution < 1.29 is 9.47 Å². The van der Waals surface area contributed by atoms with Crippen molar-refractivity contribution in [2.24, 2.45) is 10.8 Å². The second-order valence-electron chi connectivity index (χ2n) is 5.11. The zero-order valence-electron chi connectivity index (χ0n) is 12.7. The van der Waals surface area contributed by atoms with Gasteiger partial charge >= 0.3 is 0 Å². The van der Waals surface area contributed by atoms with E-state index in [0.717, 1.165) is 17.1 Å². The Morgan fingerprint density at radius 1 is 1.29 bits per heavy atom. The molecule has 1 aromatic carbocycles. The number of hydrogen-bond acceptors (Lipinski definition) is 4. The van der Waals surface area contributed by atoms with Crippen LogP contribution in [0.25, 0.3) is 0 Å². The van der Waals surface area contributed by atoms with Gasteiger partial charge < -0.3 is 14.8 Å². The van der Waals surface area contributed by atoms with E-state index in [0.29, 0.717) is 18.5 Å². The minimum absolute atomic E-state index is 0.470. The summed E-state index contributed by atoms with van der Waals surface area (Å²) in [5.74, 6) is 7.69. The summed E-state index contributed by atoms with van der Waals surface area (Å²) >= 11 is 0. The third kappa shape index (κ3) is 4.26. The molecule has 0 spiro atoms. The number of rotatable bonds is 5. The van der Waals surface area contributed by atoms with Crippen LogP contribution < -0.4 is 26.1 Å². The first-order valence-corrected chi connectivity index (χ1v) is 7.25. The highest BCUT2D eigenvalue weighted by atomic mass is 16.5. The number of nitrogens with two attached hydrogens (primary N) is 1. The maximum absolute atomic E-state index is 5.54. The third-order valence-corrected chi connectivity index (χ3v) is 3.73. The first-order valence-electron chi connectivity index (χ1n) is 7.25. The van der Waals surface area contributed by atoms with Gasteiger partial charge in [-0.15, -0.1) is 0 Å². The lowest BCUT2D eigenvalue weighted by atomic mass is 10.2. The summed E-state index contributed by atoms with van der Waals surface area (Å²) in [6.45, 7) is 0.492. The zero-order valence-corrected chi connectivity index (χ0v) is 12.7. The van der Waals surface area contributed by atoms with Crippen LogP contribution in [-0.2, 0) is 6.54 Å². The molecule has 0 saturated heterocycles. The van der Waals surface area contributed by atoms with Gasteiger partial charge in [-0.3, -0.25) is 5.43 Å². The van der Waals surface area contributed by atoms with Crippen LogP contribution in [0.5, 0.6) is 11.5 Å². The van der Waals surface area contributed by atoms with Crippen LogP contribution in [0.2, 0.25) is 0 Å². The molecule has 6 nitrogen and oxygen atoms in total. The molecule has 1 aliphatic carbocycles. The van der Waals surface area contributed by atoms with E-state index in [-0.39, 0.29) is 0 Å². The molecule has 1 fully saturated rings. The van der Waals surface area contributed by atoms with Crippen molar-refractivity contribution in [3.05, 3.63) is 23.8 Å². The predicted molar refractivity (Wildman–Crippen MR) is 83.4 cm³/mol. The molecule has 0 bridgehead atoms. The average molecular weight is 292 g/mol. The first-order chi connectivity index (χ1) is 10.3. The molecule has 0 aliphatic heterocycles. The zero-order chi connectivity index (χ0) is 15.1. The number of nitrogens with one attached hydrogen (secondary N) is 2. The number of hydrazine groups is 1. The Morgan fingerprint density at radius 2 is 2.05 bits per heavy atom. The molecule has 0 unspecified atom stereocenters. The summed E-state index contributed by atoms with van der Waals surface area (Å²) in [6, 6.07) is 6.17. The summed E-state index contributed by atoms with van der Waals surface area (Å²) in [6.07, 6.45) is 4.88. The smallest absolute Gasteiger partial charge is 0.206 e. The van der Waals surface area contributed by atoms with Crippen molar-refractivity contribution in [3.8, 4) is 11.5 Å². The second kappa shape index (κ2) is 7.73. The molecule has 116 valence electrons. The number of ether oxygens (including phenoxy) is 2. The molecule has 0 atom stereocenters. The van der Waals surface area contributed by atoms with E-state index in [1.807, 2.05) is 18.2 Å². The van der Waals surface area contributed by atoms with Crippen molar-refractivity contribution in [1.82, 2.24) is 10.7 Å². The van der Waals surface area contributed by atoms with Crippen molar-refractivity contribution >= 4 is 5.96 Å². The number of hydrogen-bond donors (Lipinski definition) is 3. The van der Waals surface area contributed by atoms with Gasteiger partial charge in [0, 0.05) is 17.7 Å². The molecular weight excluding hydrogens is 268 g/mol. The molecule has 1 aliphatic rings. The Hall–Kier alpha value is -1.95. The van der Waals surface area contributed by atoms with Crippen LogP contribution in [0.3, 0.4) is 0 Å². The van der Waals surface area contributed by atoms with E-state index >= 15 is 0 Å². The number of benzene rings is 1. The first kappa shape index (κ1) is 15.4. The van der Waals surface area contributed by atoms with E-state index in [4.69, 9.17) is 15.3 Å². The van der Waals surface area contributed by atoms with E-state index in [2.05, 4.69) is 15.7 Å². The lowest BCUT2D eigenvalue weighted by Crippen LogP contribution is -2.45. The Kier molecular flexibility index (Phi) is 5.68. The van der Waals surface area contributed by atoms with Crippen LogP contribution in [0, 0.1) is 0 Å². The highest BCUT2D eigenvalue weighted by molar-refractivity contribution is 5.79. The fraction of sp³-hybridized carbons (Fsp3) is 0.533. The summed E-state index contributed by atoms with van der Waals surface area (Å²) in [5.41, 5.74) is 3.62. The van der Waals surface area contributed by atoms with Crippen molar-refractivity contribution in [2.75, 3.05) is 14.2 Å². The van der Waals surface area contributed by atoms with Gasteiger partial charge in [-0.2, -0.15) is 0 Å². The van der Waals surface area contributed by atoms with Crippen LogP contribution >= 0.6 is 0 Å². The van der Waals surface area contributed by atoms with Gasteiger partial charge in [0.05, 0.1) is 20.8 Å². The monoisotopic (exact) mass is 292 g/mol. The normalized spacial score (nSPS) is 15.9. The number of guanidine groups is 1. The SMILES string of the molecule is COc1ccc(CN=C(NN)NC2CCCC2)c(OC)c1. The minimum atomic E-state index is 0.470. The molecule has 4 N–H and O–H groups in total. The van der Waals surface area contributed by atoms with Crippen LogP contribution in [0.15, 0.2) is 23.2 Å². The lowest BCUT2D eigenvalue weighted by molar-refractivity contribution is 0.391. The molecule has 1 aromatic rings. The minimum Gasteiger partial charge on any atom is -0.497 e. The number of aliphatic imine (C=N–C) groups is 1. The summed E-state index contributed by atoms with van der Waals surface area (Å²) in [4.78, 5) is 4.49. The lowest BCUT2D eigenvalue weighted by Gasteiger charge is -2.15. The Labute approximate surface area is 125 Å². The fourth-order valence-corrected chi connectivity index (χ4v) is 2.54. The molecule has 2 rings (SSSR count). The van der Waals surface area contributed by atoms with Gasteiger partial charge in [-0.05, 0) is 25.0 Å². The van der Waals surface area contributed by atoms with Gasteiger partial charge in [-0.1, -0.05) is 12.8 Å². The average Bonchev–Trinajstić information content (AvgIpc) is 3.04. The standard InChI is InChI=1S/C15H24N4O2/c1-20-13-8-7-11(14(9-13)21-2)10-17-15(19-16)18-12-5-3-4-6-12/h7-9,12H,3-6,10,16H2,1-2H3,(H2,17,18,19). The van der Waals surface area contributed by atoms with Crippen LogP contribution in [-0.4, -0.2) is 26.2 Å². The molecule has 1 saturated carbocycles. The molecular formula is C15H24N4O2. The predicted octanol–water partition coefficient (Wildman–Crippen LogP) is 1.56. The van der Waals surface area contributed by atoms with Crippen LogP contribution in [0.1, 0.15) is 31.2 Å². The largest absolute Gasteiger partial charge is 0.497 e. The molecule has 0 aromatic heterocycles. The topological polar surface area (TPSA) is 80.9 Å². The Balaban J connectivity index is 2.03. The van der Waals surface area contributed by atoms with E-state index < -0.39 is 0 Å². The van der Waals surface area contributed by atoms with Gasteiger partial charge in [0.25, 0.3) is 0 Å². The second-order valence-corrected chi connectivity index (χ2v) is 5.11. The Bertz CT molecular complexity index is 485. The maximum atomic E-state index is 5.54. The maximum Gasteiger partial charge on any atom is 0.206 e. The molecule has 0 heterocycles. The molecule has 6 heteroatoms. The number of nitrogens with zero attached hydrogens (tertiary/aromatic N) is 1.